The monoisotopic (exact) mass is 390 g/mol. The lowest BCUT2D eigenvalue weighted by molar-refractivity contribution is 0.355. The molecule has 0 atom stereocenters. The second-order valence-corrected chi connectivity index (χ2v) is 6.46. The van der Waals surface area contributed by atoms with Crippen molar-refractivity contribution < 1.29 is 14.2 Å². The molecule has 0 spiro atoms. The van der Waals surface area contributed by atoms with E-state index >= 15 is 0 Å². The van der Waals surface area contributed by atoms with E-state index in [1.54, 1.807) is 21.3 Å². The lowest BCUT2D eigenvalue weighted by Crippen LogP contribution is -2.01. The minimum Gasteiger partial charge on any atom is -0.497 e. The Morgan fingerprint density at radius 2 is 1.69 bits per heavy atom. The van der Waals surface area contributed by atoms with Crippen molar-refractivity contribution in [3.8, 4) is 28.5 Å². The zero-order valence-corrected chi connectivity index (χ0v) is 16.8. The summed E-state index contributed by atoms with van der Waals surface area (Å²) in [6.07, 6.45) is 0. The number of hydrogen-bond donors (Lipinski definition) is 1. The normalized spacial score (nSPS) is 10.8. The highest BCUT2D eigenvalue weighted by atomic mass is 16.5. The summed E-state index contributed by atoms with van der Waals surface area (Å²) in [5.74, 6) is 2.80. The Morgan fingerprint density at radius 1 is 0.862 bits per heavy atom. The van der Waals surface area contributed by atoms with Crippen molar-refractivity contribution in [1.29, 1.82) is 0 Å². The number of aromatic nitrogens is 3. The molecule has 0 unspecified atom stereocenters. The minimum atomic E-state index is 0.647. The van der Waals surface area contributed by atoms with E-state index in [4.69, 9.17) is 19.3 Å². The van der Waals surface area contributed by atoms with E-state index in [1.807, 2.05) is 66.0 Å². The van der Waals surface area contributed by atoms with Crippen LogP contribution in [0.3, 0.4) is 0 Å². The Bertz CT molecular complexity index is 1170. The number of imidazole rings is 1. The summed E-state index contributed by atoms with van der Waals surface area (Å²) in [4.78, 5) is 4.64. The van der Waals surface area contributed by atoms with E-state index in [0.717, 1.165) is 34.0 Å². The zero-order valence-electron chi connectivity index (χ0n) is 16.8. The molecule has 2 heterocycles. The lowest BCUT2D eigenvalue weighted by Gasteiger charge is -2.11. The molecule has 0 aliphatic rings. The second-order valence-electron chi connectivity index (χ2n) is 6.46. The molecule has 2 aromatic heterocycles. The minimum absolute atomic E-state index is 0.647. The molecule has 0 amide bonds. The SMILES string of the molecule is COc1cccc(-c2c(C)nc3ccc(Nc4ccc(OC)c(OC)c4)nn23)c1. The summed E-state index contributed by atoms with van der Waals surface area (Å²) in [5, 5.41) is 8.06. The van der Waals surface area contributed by atoms with Gasteiger partial charge in [-0.1, -0.05) is 12.1 Å². The summed E-state index contributed by atoms with van der Waals surface area (Å²) in [6.45, 7) is 1.98. The average molecular weight is 390 g/mol. The smallest absolute Gasteiger partial charge is 0.162 e. The maximum absolute atomic E-state index is 5.37. The van der Waals surface area contributed by atoms with Crippen LogP contribution < -0.4 is 19.5 Å². The van der Waals surface area contributed by atoms with Crippen LogP contribution in [0.2, 0.25) is 0 Å². The Hall–Kier alpha value is -3.74. The van der Waals surface area contributed by atoms with Crippen LogP contribution in [-0.2, 0) is 0 Å². The highest BCUT2D eigenvalue weighted by Crippen LogP contribution is 2.31. The number of ether oxygens (including phenoxy) is 3. The second kappa shape index (κ2) is 7.71. The van der Waals surface area contributed by atoms with Crippen LogP contribution in [0.5, 0.6) is 17.2 Å². The van der Waals surface area contributed by atoms with E-state index in [0.29, 0.717) is 17.3 Å². The van der Waals surface area contributed by atoms with Crippen LogP contribution in [0.25, 0.3) is 16.9 Å². The summed E-state index contributed by atoms with van der Waals surface area (Å²) < 4.78 is 17.9. The first-order valence-electron chi connectivity index (χ1n) is 9.13. The van der Waals surface area contributed by atoms with Crippen LogP contribution in [0.15, 0.2) is 54.6 Å². The highest BCUT2D eigenvalue weighted by Gasteiger charge is 2.14. The topological polar surface area (TPSA) is 69.9 Å². The summed E-state index contributed by atoms with van der Waals surface area (Å²) in [6, 6.07) is 17.3. The Morgan fingerprint density at radius 3 is 2.45 bits per heavy atom. The molecule has 0 radical (unpaired) electrons. The molecule has 0 saturated carbocycles. The average Bonchev–Trinajstić information content (AvgIpc) is 3.08. The van der Waals surface area contributed by atoms with Gasteiger partial charge in [0.2, 0.25) is 0 Å². The molecule has 7 nitrogen and oxygen atoms in total. The van der Waals surface area contributed by atoms with Gasteiger partial charge in [0.15, 0.2) is 23.0 Å². The first-order chi connectivity index (χ1) is 14.1. The van der Waals surface area contributed by atoms with Gasteiger partial charge in [-0.3, -0.25) is 0 Å². The molecule has 0 aliphatic carbocycles. The predicted molar refractivity (Wildman–Crippen MR) is 113 cm³/mol. The van der Waals surface area contributed by atoms with E-state index in [1.165, 1.54) is 0 Å². The molecule has 0 saturated heterocycles. The summed E-state index contributed by atoms with van der Waals surface area (Å²) >= 11 is 0. The number of methoxy groups -OCH3 is 3. The third-order valence-corrected chi connectivity index (χ3v) is 4.65. The molecule has 4 rings (SSSR count). The largest absolute Gasteiger partial charge is 0.497 e. The number of nitrogens with zero attached hydrogens (tertiary/aromatic N) is 3. The number of fused-ring (bicyclic) bond motifs is 1. The van der Waals surface area contributed by atoms with Crippen LogP contribution in [0, 0.1) is 6.92 Å². The van der Waals surface area contributed by atoms with Crippen molar-refractivity contribution in [2.75, 3.05) is 26.6 Å². The highest BCUT2D eigenvalue weighted by molar-refractivity contribution is 5.69. The summed E-state index contributed by atoms with van der Waals surface area (Å²) in [7, 11) is 4.88. The number of aryl methyl sites for hydroxylation is 1. The van der Waals surface area contributed by atoms with E-state index in [9.17, 15) is 0 Å². The van der Waals surface area contributed by atoms with Gasteiger partial charge in [0, 0.05) is 17.3 Å². The van der Waals surface area contributed by atoms with Crippen molar-refractivity contribution in [3.63, 3.8) is 0 Å². The first-order valence-corrected chi connectivity index (χ1v) is 9.13. The van der Waals surface area contributed by atoms with Gasteiger partial charge in [-0.25, -0.2) is 9.50 Å². The predicted octanol–water partition coefficient (Wildman–Crippen LogP) is 4.47. The lowest BCUT2D eigenvalue weighted by atomic mass is 10.1. The van der Waals surface area contributed by atoms with Crippen molar-refractivity contribution in [1.82, 2.24) is 14.6 Å². The maximum atomic E-state index is 5.37. The first kappa shape index (κ1) is 18.6. The Kier molecular flexibility index (Phi) is 4.95. The molecule has 2 aromatic carbocycles. The fourth-order valence-electron chi connectivity index (χ4n) is 3.27. The van der Waals surface area contributed by atoms with Crippen LogP contribution in [0.1, 0.15) is 5.69 Å². The molecule has 1 N–H and O–H groups in total. The molecule has 148 valence electrons. The third-order valence-electron chi connectivity index (χ3n) is 4.65. The van der Waals surface area contributed by atoms with Gasteiger partial charge in [0.25, 0.3) is 0 Å². The molecule has 0 fully saturated rings. The Balaban J connectivity index is 1.74. The van der Waals surface area contributed by atoms with Crippen LogP contribution in [-0.4, -0.2) is 35.9 Å². The molecule has 4 aromatic rings. The molecular formula is C22H22N4O3. The van der Waals surface area contributed by atoms with Gasteiger partial charge in [0.05, 0.1) is 32.7 Å². The van der Waals surface area contributed by atoms with Crippen molar-refractivity contribution in [3.05, 3.63) is 60.3 Å². The zero-order chi connectivity index (χ0) is 20.4. The van der Waals surface area contributed by atoms with E-state index in [2.05, 4.69) is 10.3 Å². The number of anilines is 2. The molecule has 7 heteroatoms. The van der Waals surface area contributed by atoms with Crippen LogP contribution >= 0.6 is 0 Å². The number of benzene rings is 2. The number of nitrogens with one attached hydrogen (secondary N) is 1. The Labute approximate surface area is 168 Å². The van der Waals surface area contributed by atoms with Gasteiger partial charge < -0.3 is 19.5 Å². The third kappa shape index (κ3) is 3.54. The molecule has 0 bridgehead atoms. The van der Waals surface area contributed by atoms with Crippen molar-refractivity contribution >= 4 is 17.2 Å². The standard InChI is InChI=1S/C22H22N4O3/c1-14-22(15-6-5-7-17(12-15)27-2)26-21(23-14)11-10-20(25-26)24-16-8-9-18(28-3)19(13-16)29-4/h5-13H,1-4H3,(H,24,25). The quantitative estimate of drug-likeness (QED) is 0.524. The van der Waals surface area contributed by atoms with E-state index < -0.39 is 0 Å². The van der Waals surface area contributed by atoms with E-state index in [-0.39, 0.29) is 0 Å². The number of hydrogen-bond acceptors (Lipinski definition) is 6. The van der Waals surface area contributed by atoms with Gasteiger partial charge in [-0.2, -0.15) is 0 Å². The van der Waals surface area contributed by atoms with Gasteiger partial charge in [0.1, 0.15) is 5.75 Å². The fourth-order valence-corrected chi connectivity index (χ4v) is 3.27. The molecule has 29 heavy (non-hydrogen) atoms. The van der Waals surface area contributed by atoms with Crippen molar-refractivity contribution in [2.24, 2.45) is 0 Å². The maximum Gasteiger partial charge on any atom is 0.162 e. The van der Waals surface area contributed by atoms with Gasteiger partial charge >= 0.3 is 0 Å². The molecular weight excluding hydrogens is 368 g/mol. The summed E-state index contributed by atoms with van der Waals surface area (Å²) in [5.41, 5.74) is 4.43. The van der Waals surface area contributed by atoms with Gasteiger partial charge in [-0.05, 0) is 43.3 Å². The van der Waals surface area contributed by atoms with Crippen LogP contribution in [0.4, 0.5) is 11.5 Å². The fraction of sp³-hybridized carbons (Fsp3) is 0.182. The van der Waals surface area contributed by atoms with Gasteiger partial charge in [-0.15, -0.1) is 5.10 Å². The van der Waals surface area contributed by atoms with Crippen molar-refractivity contribution in [2.45, 2.75) is 6.92 Å². The molecule has 0 aliphatic heterocycles. The number of rotatable bonds is 6.